The summed E-state index contributed by atoms with van der Waals surface area (Å²) in [6, 6.07) is 3.05. The fourth-order valence-electron chi connectivity index (χ4n) is 0.743. The van der Waals surface area contributed by atoms with Crippen LogP contribution in [0.15, 0.2) is 12.3 Å². The normalized spacial score (nSPS) is 9.17. The molecular formula is C6H4BClN2O2. The summed E-state index contributed by atoms with van der Waals surface area (Å²) in [4.78, 5) is 3.60. The van der Waals surface area contributed by atoms with E-state index in [1.54, 1.807) is 6.07 Å². The molecule has 0 atom stereocenters. The van der Waals surface area contributed by atoms with Gasteiger partial charge in [-0.15, -0.1) is 0 Å². The number of nitriles is 1. The second-order valence-corrected chi connectivity index (χ2v) is 2.47. The Morgan fingerprint density at radius 1 is 1.58 bits per heavy atom. The van der Waals surface area contributed by atoms with Crippen LogP contribution in [0, 0.1) is 11.3 Å². The van der Waals surface area contributed by atoms with Gasteiger partial charge in [0.05, 0.1) is 11.6 Å². The molecule has 60 valence electrons. The van der Waals surface area contributed by atoms with Crippen LogP contribution in [0.1, 0.15) is 5.56 Å². The predicted octanol–water partition coefficient (Wildman–Crippen LogP) is -0.714. The third-order valence-electron chi connectivity index (χ3n) is 1.30. The lowest BCUT2D eigenvalue weighted by atomic mass is 9.79. The first kappa shape index (κ1) is 9.01. The molecule has 4 nitrogen and oxygen atoms in total. The van der Waals surface area contributed by atoms with E-state index in [0.717, 1.165) is 6.20 Å². The van der Waals surface area contributed by atoms with E-state index in [1.165, 1.54) is 6.07 Å². The zero-order chi connectivity index (χ0) is 9.14. The Hall–Kier alpha value is -1.09. The first-order chi connectivity index (χ1) is 5.65. The van der Waals surface area contributed by atoms with Gasteiger partial charge in [-0.1, -0.05) is 11.6 Å². The minimum absolute atomic E-state index is 0.0573. The average Bonchev–Trinajstić information content (AvgIpc) is 2.03. The van der Waals surface area contributed by atoms with Crippen molar-refractivity contribution in [2.24, 2.45) is 0 Å². The van der Waals surface area contributed by atoms with Crippen molar-refractivity contribution in [3.63, 3.8) is 0 Å². The van der Waals surface area contributed by atoms with Crippen molar-refractivity contribution in [3.8, 4) is 6.07 Å². The fraction of sp³-hybridized carbons (Fsp3) is 0. The summed E-state index contributed by atoms with van der Waals surface area (Å²) in [6.45, 7) is 0. The van der Waals surface area contributed by atoms with Gasteiger partial charge in [-0.2, -0.15) is 5.26 Å². The number of hydrogen-bond donors (Lipinski definition) is 2. The van der Waals surface area contributed by atoms with Crippen molar-refractivity contribution in [1.29, 1.82) is 5.26 Å². The number of hydrogen-bond acceptors (Lipinski definition) is 4. The number of nitrogens with zero attached hydrogens (tertiary/aromatic N) is 2. The summed E-state index contributed by atoms with van der Waals surface area (Å²) in [5, 5.41) is 26.2. The van der Waals surface area contributed by atoms with Gasteiger partial charge in [0, 0.05) is 11.7 Å². The smallest absolute Gasteiger partial charge is 0.423 e. The Morgan fingerprint density at radius 2 is 2.25 bits per heavy atom. The van der Waals surface area contributed by atoms with E-state index in [9.17, 15) is 0 Å². The molecule has 6 heteroatoms. The Kier molecular flexibility index (Phi) is 2.66. The maximum Gasteiger partial charge on any atom is 0.491 e. The van der Waals surface area contributed by atoms with Crippen LogP contribution in [0.2, 0.25) is 5.15 Å². The van der Waals surface area contributed by atoms with Gasteiger partial charge >= 0.3 is 7.12 Å². The van der Waals surface area contributed by atoms with Crippen LogP contribution >= 0.6 is 11.6 Å². The topological polar surface area (TPSA) is 77.1 Å². The van der Waals surface area contributed by atoms with Gasteiger partial charge in [-0.05, 0) is 6.07 Å². The largest absolute Gasteiger partial charge is 0.491 e. The van der Waals surface area contributed by atoms with Crippen LogP contribution in [0.3, 0.4) is 0 Å². The van der Waals surface area contributed by atoms with Gasteiger partial charge < -0.3 is 10.0 Å². The molecule has 0 amide bonds. The quantitative estimate of drug-likeness (QED) is 0.444. The molecule has 0 saturated heterocycles. The van der Waals surface area contributed by atoms with Crippen molar-refractivity contribution in [3.05, 3.63) is 23.0 Å². The summed E-state index contributed by atoms with van der Waals surface area (Å²) in [5.74, 6) is 0. The Balaban J connectivity index is 3.23. The van der Waals surface area contributed by atoms with Crippen LogP contribution in [0.5, 0.6) is 0 Å². The number of pyridine rings is 1. The molecule has 0 aromatic carbocycles. The summed E-state index contributed by atoms with van der Waals surface area (Å²) in [5.41, 5.74) is 0.173. The molecular weight excluding hydrogens is 178 g/mol. The first-order valence-corrected chi connectivity index (χ1v) is 3.44. The maximum atomic E-state index is 8.75. The average molecular weight is 182 g/mol. The van der Waals surface area contributed by atoms with Gasteiger partial charge in [-0.25, -0.2) is 4.98 Å². The molecule has 2 N–H and O–H groups in total. The molecule has 0 saturated carbocycles. The first-order valence-electron chi connectivity index (χ1n) is 3.07. The minimum atomic E-state index is -1.69. The second kappa shape index (κ2) is 3.54. The van der Waals surface area contributed by atoms with Crippen molar-refractivity contribution in [1.82, 2.24) is 4.98 Å². The van der Waals surface area contributed by atoms with Crippen LogP contribution in [-0.2, 0) is 0 Å². The van der Waals surface area contributed by atoms with Crippen molar-refractivity contribution in [2.45, 2.75) is 0 Å². The van der Waals surface area contributed by atoms with Gasteiger partial charge in [0.15, 0.2) is 0 Å². The minimum Gasteiger partial charge on any atom is -0.423 e. The SMILES string of the molecule is N#Cc1cc(Cl)ncc1B(O)O. The van der Waals surface area contributed by atoms with E-state index < -0.39 is 7.12 Å². The fourth-order valence-corrected chi connectivity index (χ4v) is 0.901. The highest BCUT2D eigenvalue weighted by Gasteiger charge is 2.16. The molecule has 0 unspecified atom stereocenters. The van der Waals surface area contributed by atoms with Crippen molar-refractivity contribution in [2.75, 3.05) is 0 Å². The van der Waals surface area contributed by atoms with Gasteiger partial charge in [-0.3, -0.25) is 0 Å². The Labute approximate surface area is 74.2 Å². The molecule has 0 radical (unpaired) electrons. The molecule has 12 heavy (non-hydrogen) atoms. The van der Waals surface area contributed by atoms with Crippen LogP contribution < -0.4 is 5.46 Å². The van der Waals surface area contributed by atoms with E-state index in [-0.39, 0.29) is 16.2 Å². The third kappa shape index (κ3) is 1.74. The summed E-state index contributed by atoms with van der Waals surface area (Å²) in [7, 11) is -1.69. The second-order valence-electron chi connectivity index (χ2n) is 2.08. The van der Waals surface area contributed by atoms with Gasteiger partial charge in [0.2, 0.25) is 0 Å². The molecule has 0 bridgehead atoms. The van der Waals surface area contributed by atoms with E-state index in [1.807, 2.05) is 0 Å². The van der Waals surface area contributed by atoms with E-state index >= 15 is 0 Å². The highest BCUT2D eigenvalue weighted by atomic mass is 35.5. The lowest BCUT2D eigenvalue weighted by Crippen LogP contribution is -2.32. The predicted molar refractivity (Wildman–Crippen MR) is 43.8 cm³/mol. The van der Waals surface area contributed by atoms with Gasteiger partial charge in [0.25, 0.3) is 0 Å². The van der Waals surface area contributed by atoms with Gasteiger partial charge in [0.1, 0.15) is 5.15 Å². The molecule has 1 aromatic rings. The monoisotopic (exact) mass is 182 g/mol. The van der Waals surface area contributed by atoms with Crippen molar-refractivity contribution < 1.29 is 10.0 Å². The zero-order valence-electron chi connectivity index (χ0n) is 5.90. The van der Waals surface area contributed by atoms with Crippen LogP contribution in [0.4, 0.5) is 0 Å². The third-order valence-corrected chi connectivity index (χ3v) is 1.51. The Bertz CT molecular complexity index is 337. The lowest BCUT2D eigenvalue weighted by molar-refractivity contribution is 0.425. The Morgan fingerprint density at radius 3 is 2.75 bits per heavy atom. The molecule has 0 aliphatic carbocycles. The molecule has 1 rings (SSSR count). The van der Waals surface area contributed by atoms with Crippen LogP contribution in [-0.4, -0.2) is 22.2 Å². The highest BCUT2D eigenvalue weighted by Crippen LogP contribution is 2.04. The molecule has 0 aliphatic rings. The highest BCUT2D eigenvalue weighted by molar-refractivity contribution is 6.59. The van der Waals surface area contributed by atoms with E-state index in [2.05, 4.69) is 4.98 Å². The molecule has 0 aliphatic heterocycles. The van der Waals surface area contributed by atoms with Crippen LogP contribution in [0.25, 0.3) is 0 Å². The van der Waals surface area contributed by atoms with Crippen molar-refractivity contribution >= 4 is 24.2 Å². The number of rotatable bonds is 1. The van der Waals surface area contributed by atoms with E-state index in [0.29, 0.717) is 0 Å². The summed E-state index contributed by atoms with van der Waals surface area (Å²) < 4.78 is 0. The lowest BCUT2D eigenvalue weighted by Gasteiger charge is -2.00. The van der Waals surface area contributed by atoms with E-state index in [4.69, 9.17) is 26.9 Å². The number of halogens is 1. The molecule has 1 heterocycles. The summed E-state index contributed by atoms with van der Waals surface area (Å²) in [6.07, 6.45) is 1.16. The standard InChI is InChI=1S/C6H4BClN2O2/c8-6-1-4(2-9)5(3-10-6)7(11)12/h1,3,11-12H. The molecule has 1 aromatic heterocycles. The molecule has 0 fully saturated rings. The summed E-state index contributed by atoms with van der Waals surface area (Å²) >= 11 is 5.47. The maximum absolute atomic E-state index is 8.75. The molecule has 0 spiro atoms. The zero-order valence-corrected chi connectivity index (χ0v) is 6.65. The number of aromatic nitrogens is 1.